The number of rotatable bonds is 3. The van der Waals surface area contributed by atoms with Crippen molar-refractivity contribution in [2.24, 2.45) is 0 Å². The minimum atomic E-state index is -0.297. The Kier molecular flexibility index (Phi) is 7.77. The van der Waals surface area contributed by atoms with Gasteiger partial charge in [0, 0.05) is 12.7 Å². The minimum Gasteiger partial charge on any atom is -0.391 e. The van der Waals surface area contributed by atoms with Gasteiger partial charge in [-0.05, 0) is 31.9 Å². The van der Waals surface area contributed by atoms with Crippen molar-refractivity contribution in [1.29, 1.82) is 0 Å². The maximum absolute atomic E-state index is 9.90. The summed E-state index contributed by atoms with van der Waals surface area (Å²) in [7, 11) is 0. The van der Waals surface area contributed by atoms with Crippen LogP contribution in [0.15, 0.2) is 24.7 Å². The molecule has 8 heteroatoms. The van der Waals surface area contributed by atoms with E-state index in [1.165, 1.54) is 0 Å². The first-order valence-corrected chi connectivity index (χ1v) is 7.58. The van der Waals surface area contributed by atoms with Crippen LogP contribution in [-0.2, 0) is 6.54 Å². The Morgan fingerprint density at radius 1 is 1.43 bits per heavy atom. The Balaban J connectivity index is 0.00000132. The summed E-state index contributed by atoms with van der Waals surface area (Å²) in [4.78, 5) is 8.73. The summed E-state index contributed by atoms with van der Waals surface area (Å²) in [5.41, 5.74) is 2.62. The molecule has 128 valence electrons. The van der Waals surface area contributed by atoms with Crippen molar-refractivity contribution in [1.82, 2.24) is 19.9 Å². The summed E-state index contributed by atoms with van der Waals surface area (Å²) in [5.74, 6) is 0. The fourth-order valence-electron chi connectivity index (χ4n) is 2.65. The first kappa shape index (κ1) is 20.2. The fraction of sp³-hybridized carbons (Fsp3) is 0.467. The molecule has 0 saturated carbocycles. The molecule has 0 radical (unpaired) electrons. The Morgan fingerprint density at radius 2 is 2.22 bits per heavy atom. The van der Waals surface area contributed by atoms with Crippen molar-refractivity contribution in [3.05, 3.63) is 35.3 Å². The topological polar surface area (TPSA) is 63.0 Å². The lowest BCUT2D eigenvalue weighted by atomic mass is 10.0. The molecule has 0 unspecified atom stereocenters. The molecule has 1 aliphatic rings. The molecular weight excluding hydrogens is 359 g/mol. The van der Waals surface area contributed by atoms with E-state index >= 15 is 0 Å². The summed E-state index contributed by atoms with van der Waals surface area (Å²) < 4.78 is 1.98. The Bertz CT molecular complexity index is 674. The molecule has 2 N–H and O–H groups in total. The molecule has 2 atom stereocenters. The highest BCUT2D eigenvalue weighted by atomic mass is 35.5. The van der Waals surface area contributed by atoms with Crippen LogP contribution in [0.25, 0.3) is 11.2 Å². The summed E-state index contributed by atoms with van der Waals surface area (Å²) in [6, 6.07) is 0.0395. The van der Waals surface area contributed by atoms with Crippen LogP contribution in [0.2, 0.25) is 5.02 Å². The van der Waals surface area contributed by atoms with Gasteiger partial charge in [-0.25, -0.2) is 9.97 Å². The summed E-state index contributed by atoms with van der Waals surface area (Å²) in [6.07, 6.45) is 9.09. The maximum atomic E-state index is 9.90. The van der Waals surface area contributed by atoms with Crippen molar-refractivity contribution >= 4 is 47.6 Å². The van der Waals surface area contributed by atoms with Gasteiger partial charge < -0.3 is 15.0 Å². The van der Waals surface area contributed by atoms with Gasteiger partial charge in [-0.1, -0.05) is 23.8 Å². The van der Waals surface area contributed by atoms with Crippen LogP contribution in [-0.4, -0.2) is 38.3 Å². The number of nitrogens with zero attached hydrogens (tertiary/aromatic N) is 3. The van der Waals surface area contributed by atoms with E-state index in [1.807, 2.05) is 23.6 Å². The minimum absolute atomic E-state index is 0. The number of pyridine rings is 1. The highest BCUT2D eigenvalue weighted by Gasteiger charge is 2.19. The van der Waals surface area contributed by atoms with Crippen molar-refractivity contribution in [3.8, 4) is 0 Å². The van der Waals surface area contributed by atoms with E-state index in [-0.39, 0.29) is 37.0 Å². The first-order chi connectivity index (χ1) is 10.2. The van der Waals surface area contributed by atoms with Crippen LogP contribution in [0.4, 0.5) is 0 Å². The van der Waals surface area contributed by atoms with Gasteiger partial charge in [0.25, 0.3) is 0 Å². The van der Waals surface area contributed by atoms with E-state index in [0.717, 1.165) is 36.1 Å². The largest absolute Gasteiger partial charge is 0.391 e. The predicted octanol–water partition coefficient (Wildman–Crippen LogP) is 2.91. The number of aliphatic hydroxyl groups excluding tert-OH is 1. The fourth-order valence-corrected chi connectivity index (χ4v) is 2.79. The van der Waals surface area contributed by atoms with E-state index in [0.29, 0.717) is 11.6 Å². The third-order valence-corrected chi connectivity index (χ3v) is 4.32. The van der Waals surface area contributed by atoms with Crippen LogP contribution < -0.4 is 5.32 Å². The molecule has 1 fully saturated rings. The average molecular weight is 380 g/mol. The van der Waals surface area contributed by atoms with Gasteiger partial charge in [0.05, 0.1) is 23.5 Å². The number of piperidine rings is 1. The Labute approximate surface area is 153 Å². The predicted molar refractivity (Wildman–Crippen MR) is 97.9 cm³/mol. The summed E-state index contributed by atoms with van der Waals surface area (Å²) in [6.45, 7) is 3.58. The van der Waals surface area contributed by atoms with Gasteiger partial charge in [-0.2, -0.15) is 0 Å². The molecule has 1 saturated heterocycles. The lowest BCUT2D eigenvalue weighted by Crippen LogP contribution is -2.43. The van der Waals surface area contributed by atoms with E-state index in [9.17, 15) is 5.11 Å². The molecular formula is C15H21Cl3N4O. The number of aromatic nitrogens is 3. The average Bonchev–Trinajstić information content (AvgIpc) is 2.89. The molecule has 3 heterocycles. The Hall–Kier alpha value is -0.850. The molecule has 0 aliphatic carbocycles. The van der Waals surface area contributed by atoms with Gasteiger partial charge in [0.2, 0.25) is 0 Å². The van der Waals surface area contributed by atoms with Crippen LogP contribution in [0.1, 0.15) is 18.4 Å². The van der Waals surface area contributed by atoms with Crippen LogP contribution in [0.3, 0.4) is 0 Å². The van der Waals surface area contributed by atoms with E-state index in [4.69, 9.17) is 11.6 Å². The lowest BCUT2D eigenvalue weighted by Gasteiger charge is -2.26. The molecule has 2 aromatic heterocycles. The van der Waals surface area contributed by atoms with Crippen LogP contribution in [0.5, 0.6) is 0 Å². The molecule has 2 aromatic rings. The van der Waals surface area contributed by atoms with Gasteiger partial charge in [0.15, 0.2) is 5.65 Å². The molecule has 0 spiro atoms. The number of hydrogen-bond donors (Lipinski definition) is 2. The Morgan fingerprint density at radius 3 is 2.96 bits per heavy atom. The smallest absolute Gasteiger partial charge is 0.160 e. The van der Waals surface area contributed by atoms with Gasteiger partial charge in [-0.15, -0.1) is 24.8 Å². The first-order valence-electron chi connectivity index (χ1n) is 7.21. The van der Waals surface area contributed by atoms with Gasteiger partial charge >= 0.3 is 0 Å². The van der Waals surface area contributed by atoms with Crippen molar-refractivity contribution < 1.29 is 5.11 Å². The van der Waals surface area contributed by atoms with E-state index in [2.05, 4.69) is 15.3 Å². The van der Waals surface area contributed by atoms with E-state index < -0.39 is 0 Å². The zero-order valence-corrected chi connectivity index (χ0v) is 15.2. The molecule has 5 nitrogen and oxygen atoms in total. The number of allylic oxidation sites excluding steroid dienone is 1. The van der Waals surface area contributed by atoms with Gasteiger partial charge in [-0.3, -0.25) is 0 Å². The van der Waals surface area contributed by atoms with Crippen molar-refractivity contribution in [3.63, 3.8) is 0 Å². The standard InChI is InChI=1S/C15H19ClN4O.2ClH/c1-10-11(16)8-18-15-14(10)19-9-20(15)7-3-4-12-13(21)5-2-6-17-12;;/h3-4,8-9,12-13,17,21H,2,5-7H2,1H3;2*1H/b4-3+;;/t12-,13+;;/m1../s1. The van der Waals surface area contributed by atoms with Gasteiger partial charge in [0.1, 0.15) is 5.52 Å². The number of halogens is 3. The van der Waals surface area contributed by atoms with E-state index in [1.54, 1.807) is 12.5 Å². The molecule has 0 bridgehead atoms. The van der Waals surface area contributed by atoms with Crippen LogP contribution in [0, 0.1) is 6.92 Å². The monoisotopic (exact) mass is 378 g/mol. The highest BCUT2D eigenvalue weighted by molar-refractivity contribution is 6.31. The molecule has 0 aromatic carbocycles. The van der Waals surface area contributed by atoms with Crippen molar-refractivity contribution in [2.75, 3.05) is 6.54 Å². The number of nitrogens with one attached hydrogen (secondary N) is 1. The quantitative estimate of drug-likeness (QED) is 0.805. The number of hydrogen-bond acceptors (Lipinski definition) is 4. The highest BCUT2D eigenvalue weighted by Crippen LogP contribution is 2.21. The molecule has 1 aliphatic heterocycles. The summed E-state index contributed by atoms with van der Waals surface area (Å²) in [5, 5.41) is 13.8. The molecule has 0 amide bonds. The SMILES string of the molecule is Cc1c(Cl)cnc2c1ncn2C/C=C/[C@H]1NCCC[C@@H]1O.Cl.Cl. The zero-order chi connectivity index (χ0) is 14.8. The number of imidazole rings is 1. The molecule has 23 heavy (non-hydrogen) atoms. The maximum Gasteiger partial charge on any atom is 0.160 e. The lowest BCUT2D eigenvalue weighted by molar-refractivity contribution is 0.115. The second-order valence-corrected chi connectivity index (χ2v) is 5.83. The zero-order valence-electron chi connectivity index (χ0n) is 12.8. The molecule has 3 rings (SSSR count). The third-order valence-electron chi connectivity index (χ3n) is 3.94. The second kappa shape index (κ2) is 8.85. The normalized spacial score (nSPS) is 21.2. The second-order valence-electron chi connectivity index (χ2n) is 5.42. The third kappa shape index (κ3) is 4.37. The number of aliphatic hydroxyl groups is 1. The summed E-state index contributed by atoms with van der Waals surface area (Å²) >= 11 is 6.06. The number of aryl methyl sites for hydroxylation is 1. The number of fused-ring (bicyclic) bond motifs is 1. The van der Waals surface area contributed by atoms with Crippen LogP contribution >= 0.6 is 36.4 Å². The van der Waals surface area contributed by atoms with Crippen molar-refractivity contribution in [2.45, 2.75) is 38.5 Å².